The minimum atomic E-state index is 0.340. The second-order valence-corrected chi connectivity index (χ2v) is 8.87. The molecule has 0 atom stereocenters. The van der Waals surface area contributed by atoms with E-state index in [-0.39, 0.29) is 0 Å². The predicted molar refractivity (Wildman–Crippen MR) is 129 cm³/mol. The highest BCUT2D eigenvalue weighted by molar-refractivity contribution is 5.85. The monoisotopic (exact) mass is 470 g/mol. The Bertz CT molecular complexity index is 1410. The fourth-order valence-electron chi connectivity index (χ4n) is 4.81. The Morgan fingerprint density at radius 2 is 1.80 bits per heavy atom. The number of ether oxygens (including phenoxy) is 2. The van der Waals surface area contributed by atoms with Crippen LogP contribution < -0.4 is 4.90 Å². The van der Waals surface area contributed by atoms with Crippen molar-refractivity contribution in [2.24, 2.45) is 7.05 Å². The number of hydrogen-bond donors (Lipinski definition) is 0. The third kappa shape index (κ3) is 4.03. The second kappa shape index (κ2) is 9.09. The van der Waals surface area contributed by atoms with Gasteiger partial charge in [0.15, 0.2) is 17.0 Å². The molecule has 2 fully saturated rings. The van der Waals surface area contributed by atoms with Crippen molar-refractivity contribution in [1.82, 2.24) is 29.3 Å². The lowest BCUT2D eigenvalue weighted by Crippen LogP contribution is -2.37. The van der Waals surface area contributed by atoms with Crippen molar-refractivity contribution in [3.63, 3.8) is 0 Å². The highest BCUT2D eigenvalue weighted by Crippen LogP contribution is 2.32. The largest absolute Gasteiger partial charge is 0.381 e. The number of hydrogen-bond acceptors (Lipinski definition) is 8. The number of anilines is 1. The van der Waals surface area contributed by atoms with Crippen LogP contribution in [0.1, 0.15) is 30.1 Å². The first-order chi connectivity index (χ1) is 17.2. The van der Waals surface area contributed by atoms with Crippen molar-refractivity contribution in [3.05, 3.63) is 47.9 Å². The Hall–Kier alpha value is -3.81. The summed E-state index contributed by atoms with van der Waals surface area (Å²) in [6.07, 6.45) is 3.76. The van der Waals surface area contributed by atoms with Gasteiger partial charge in [0.05, 0.1) is 30.5 Å². The van der Waals surface area contributed by atoms with Gasteiger partial charge in [-0.15, -0.1) is 0 Å². The minimum Gasteiger partial charge on any atom is -0.381 e. The van der Waals surface area contributed by atoms with E-state index in [1.807, 2.05) is 37.5 Å². The summed E-state index contributed by atoms with van der Waals surface area (Å²) in [5, 5.41) is 14.0. The lowest BCUT2D eigenvalue weighted by molar-refractivity contribution is 0.0831. The number of imidazole rings is 1. The Kier molecular flexibility index (Phi) is 5.64. The zero-order valence-corrected chi connectivity index (χ0v) is 19.6. The van der Waals surface area contributed by atoms with Crippen LogP contribution in [0.2, 0.25) is 0 Å². The Morgan fingerprint density at radius 3 is 2.60 bits per heavy atom. The smallest absolute Gasteiger partial charge is 0.254 e. The highest BCUT2D eigenvalue weighted by Gasteiger charge is 2.27. The lowest BCUT2D eigenvalue weighted by Gasteiger charge is -2.28. The number of fused-ring (bicyclic) bond motifs is 1. The molecule has 5 heterocycles. The summed E-state index contributed by atoms with van der Waals surface area (Å²) < 4.78 is 14.9. The molecule has 0 radical (unpaired) electrons. The number of aromatic nitrogens is 6. The topological polar surface area (TPSA) is 107 Å². The molecule has 0 amide bonds. The van der Waals surface area contributed by atoms with Crippen LogP contribution in [-0.2, 0) is 16.5 Å². The minimum absolute atomic E-state index is 0.340. The van der Waals surface area contributed by atoms with E-state index in [9.17, 15) is 5.26 Å². The maximum absolute atomic E-state index is 9.24. The third-order valence-corrected chi connectivity index (χ3v) is 6.70. The van der Waals surface area contributed by atoms with E-state index in [1.54, 1.807) is 10.7 Å². The molecular formula is C25H26N8O2. The molecule has 6 rings (SSSR count). The summed E-state index contributed by atoms with van der Waals surface area (Å²) in [4.78, 5) is 17.1. The molecule has 35 heavy (non-hydrogen) atoms. The van der Waals surface area contributed by atoms with E-state index in [4.69, 9.17) is 29.5 Å². The van der Waals surface area contributed by atoms with Gasteiger partial charge in [0.25, 0.3) is 5.95 Å². The van der Waals surface area contributed by atoms with Gasteiger partial charge in [-0.25, -0.2) is 9.67 Å². The van der Waals surface area contributed by atoms with Crippen molar-refractivity contribution in [2.75, 3.05) is 44.4 Å². The molecule has 1 aromatic carbocycles. The molecular weight excluding hydrogens is 444 g/mol. The van der Waals surface area contributed by atoms with Crippen molar-refractivity contribution < 1.29 is 9.47 Å². The summed E-state index contributed by atoms with van der Waals surface area (Å²) in [6.45, 7) is 4.32. The molecule has 0 saturated carbocycles. The standard InChI is InChI=1S/C25H26N8O2/c1-31-22(18-6-11-34-12-7-18)27-21-23(31)28-25(29-24(21)32-9-13-35-14-10-32)33-8-5-20(30-33)19-4-2-3-17(15-19)16-26/h2-5,8,15,18H,6-7,9-14H2,1H3. The molecule has 10 heteroatoms. The first kappa shape index (κ1) is 21.7. The Balaban J connectivity index is 1.46. The normalized spacial score (nSPS) is 17.1. The van der Waals surface area contributed by atoms with Crippen LogP contribution in [0.25, 0.3) is 28.4 Å². The van der Waals surface area contributed by atoms with E-state index >= 15 is 0 Å². The molecule has 4 aromatic rings. The van der Waals surface area contributed by atoms with Crippen LogP contribution >= 0.6 is 0 Å². The summed E-state index contributed by atoms with van der Waals surface area (Å²) in [7, 11) is 2.03. The molecule has 0 N–H and O–H groups in total. The third-order valence-electron chi connectivity index (χ3n) is 6.70. The van der Waals surface area contributed by atoms with E-state index in [0.717, 1.165) is 73.2 Å². The number of rotatable bonds is 4. The van der Waals surface area contributed by atoms with Crippen molar-refractivity contribution >= 4 is 17.0 Å². The molecule has 0 aliphatic carbocycles. The SMILES string of the molecule is Cn1c(C2CCOCC2)nc2c(N3CCOCC3)nc(-n3ccc(-c4cccc(C#N)c4)n3)nc21. The van der Waals surface area contributed by atoms with Gasteiger partial charge in [-0.2, -0.15) is 20.3 Å². The quantitative estimate of drug-likeness (QED) is 0.448. The van der Waals surface area contributed by atoms with Crippen LogP contribution in [0.5, 0.6) is 0 Å². The van der Waals surface area contributed by atoms with Crippen LogP contribution in [0.3, 0.4) is 0 Å². The maximum Gasteiger partial charge on any atom is 0.254 e. The molecule has 0 bridgehead atoms. The average Bonchev–Trinajstić information content (AvgIpc) is 3.55. The van der Waals surface area contributed by atoms with Gasteiger partial charge < -0.3 is 18.9 Å². The Labute approximate surface area is 202 Å². The number of nitrogens with zero attached hydrogens (tertiary/aromatic N) is 8. The van der Waals surface area contributed by atoms with E-state index in [0.29, 0.717) is 30.6 Å². The van der Waals surface area contributed by atoms with E-state index in [2.05, 4.69) is 15.5 Å². The number of aryl methyl sites for hydroxylation is 1. The Morgan fingerprint density at radius 1 is 1.00 bits per heavy atom. The van der Waals surface area contributed by atoms with Crippen LogP contribution in [-0.4, -0.2) is 68.8 Å². The van der Waals surface area contributed by atoms with Gasteiger partial charge in [-0.3, -0.25) is 0 Å². The van der Waals surface area contributed by atoms with Gasteiger partial charge in [-0.1, -0.05) is 12.1 Å². The first-order valence-electron chi connectivity index (χ1n) is 11.9. The summed E-state index contributed by atoms with van der Waals surface area (Å²) in [5.41, 5.74) is 3.83. The van der Waals surface area contributed by atoms with E-state index < -0.39 is 0 Å². The maximum atomic E-state index is 9.24. The number of nitriles is 1. The van der Waals surface area contributed by atoms with E-state index in [1.165, 1.54) is 0 Å². The number of benzene rings is 1. The van der Waals surface area contributed by atoms with Gasteiger partial charge in [0.2, 0.25) is 0 Å². The summed E-state index contributed by atoms with van der Waals surface area (Å²) >= 11 is 0. The molecule has 2 aliphatic rings. The molecule has 10 nitrogen and oxygen atoms in total. The van der Waals surface area contributed by atoms with Crippen molar-refractivity contribution in [1.29, 1.82) is 5.26 Å². The van der Waals surface area contributed by atoms with Gasteiger partial charge in [-0.05, 0) is 31.0 Å². The molecule has 178 valence electrons. The van der Waals surface area contributed by atoms with Gasteiger partial charge in [0.1, 0.15) is 5.82 Å². The molecule has 0 spiro atoms. The van der Waals surface area contributed by atoms with Gasteiger partial charge >= 0.3 is 0 Å². The van der Waals surface area contributed by atoms with Crippen molar-refractivity contribution in [3.8, 4) is 23.3 Å². The molecule has 2 saturated heterocycles. The molecule has 2 aliphatic heterocycles. The molecule has 3 aromatic heterocycles. The van der Waals surface area contributed by atoms with Gasteiger partial charge in [0, 0.05) is 51.0 Å². The highest BCUT2D eigenvalue weighted by atomic mass is 16.5. The zero-order valence-electron chi connectivity index (χ0n) is 19.6. The molecule has 0 unspecified atom stereocenters. The fourth-order valence-corrected chi connectivity index (χ4v) is 4.81. The van der Waals surface area contributed by atoms with Crippen LogP contribution in [0.4, 0.5) is 5.82 Å². The number of morpholine rings is 1. The summed E-state index contributed by atoms with van der Waals surface area (Å²) in [5.74, 6) is 2.67. The fraction of sp³-hybridized carbons (Fsp3) is 0.400. The summed E-state index contributed by atoms with van der Waals surface area (Å²) in [6, 6.07) is 11.5. The van der Waals surface area contributed by atoms with Crippen LogP contribution in [0, 0.1) is 11.3 Å². The lowest BCUT2D eigenvalue weighted by atomic mass is 10.00. The average molecular weight is 471 g/mol. The predicted octanol–water partition coefficient (Wildman–Crippen LogP) is 2.82. The second-order valence-electron chi connectivity index (χ2n) is 8.87. The first-order valence-corrected chi connectivity index (χ1v) is 11.9. The van der Waals surface area contributed by atoms with Crippen LogP contribution in [0.15, 0.2) is 36.5 Å². The van der Waals surface area contributed by atoms with Crippen molar-refractivity contribution in [2.45, 2.75) is 18.8 Å². The zero-order chi connectivity index (χ0) is 23.8.